The molecule has 3 aromatic carbocycles. The van der Waals surface area contributed by atoms with Gasteiger partial charge in [0.15, 0.2) is 17.3 Å². The van der Waals surface area contributed by atoms with Gasteiger partial charge in [0.2, 0.25) is 0 Å². The molecule has 0 aliphatic heterocycles. The molecule has 0 saturated carbocycles. The third-order valence-electron chi connectivity index (χ3n) is 5.70. The van der Waals surface area contributed by atoms with E-state index in [-0.39, 0.29) is 28.9 Å². The van der Waals surface area contributed by atoms with Crippen LogP contribution in [0.2, 0.25) is 0 Å². The zero-order chi connectivity index (χ0) is 24.0. The van der Waals surface area contributed by atoms with Crippen LogP contribution in [0.25, 0.3) is 33.6 Å². The number of carboxylic acid groups (broad SMARTS) is 1. The van der Waals surface area contributed by atoms with Crippen molar-refractivity contribution in [3.63, 3.8) is 0 Å². The normalized spacial score (nSPS) is 11.3. The highest BCUT2D eigenvalue weighted by Gasteiger charge is 2.22. The van der Waals surface area contributed by atoms with Crippen molar-refractivity contribution in [2.75, 3.05) is 0 Å². The Kier molecular flexibility index (Phi) is 5.16. The molecule has 0 fully saturated rings. The smallest absolute Gasteiger partial charge is 0.338 e. The van der Waals surface area contributed by atoms with Crippen LogP contribution < -0.4 is 0 Å². The molecule has 0 unspecified atom stereocenters. The molecule has 0 aliphatic rings. The second kappa shape index (κ2) is 8.18. The first kappa shape index (κ1) is 21.4. The predicted octanol–water partition coefficient (Wildman–Crippen LogP) is 5.17. The van der Waals surface area contributed by atoms with Gasteiger partial charge < -0.3 is 14.1 Å². The van der Waals surface area contributed by atoms with Crippen LogP contribution in [0, 0.1) is 18.6 Å². The second-order valence-corrected chi connectivity index (χ2v) is 7.91. The van der Waals surface area contributed by atoms with Gasteiger partial charge in [-0.25, -0.2) is 18.6 Å². The maximum Gasteiger partial charge on any atom is 0.338 e. The molecule has 2 aromatic heterocycles. The van der Waals surface area contributed by atoms with Gasteiger partial charge in [-0.2, -0.15) is 0 Å². The number of carbonyl (C=O) groups is 1. The lowest BCUT2D eigenvalue weighted by molar-refractivity contribution is 0.0692. The van der Waals surface area contributed by atoms with E-state index in [1.165, 1.54) is 25.1 Å². The molecule has 0 amide bonds. The number of hydrogen-bond donors (Lipinski definition) is 1. The summed E-state index contributed by atoms with van der Waals surface area (Å²) >= 11 is 0. The number of aryl methyl sites for hydroxylation is 2. The minimum atomic E-state index is -1.37. The minimum absolute atomic E-state index is 0.0854. The van der Waals surface area contributed by atoms with Gasteiger partial charge in [-0.3, -0.25) is 0 Å². The van der Waals surface area contributed by atoms with Crippen molar-refractivity contribution in [2.45, 2.75) is 13.3 Å². The highest BCUT2D eigenvalue weighted by atomic mass is 19.1. The number of oxazole rings is 1. The number of nitrogens with zero attached hydrogens (tertiary/aromatic N) is 4. The summed E-state index contributed by atoms with van der Waals surface area (Å²) in [5, 5.41) is 17.5. The van der Waals surface area contributed by atoms with Crippen molar-refractivity contribution in [2.24, 2.45) is 7.05 Å². The first-order valence-corrected chi connectivity index (χ1v) is 10.4. The van der Waals surface area contributed by atoms with Gasteiger partial charge in [0.1, 0.15) is 23.5 Å². The molecular weight excluding hydrogens is 442 g/mol. The summed E-state index contributed by atoms with van der Waals surface area (Å²) in [5.74, 6) is -1.67. The predicted molar refractivity (Wildman–Crippen MR) is 120 cm³/mol. The van der Waals surface area contributed by atoms with E-state index < -0.39 is 17.3 Å². The van der Waals surface area contributed by atoms with E-state index in [1.807, 2.05) is 25.2 Å². The van der Waals surface area contributed by atoms with E-state index >= 15 is 0 Å². The van der Waals surface area contributed by atoms with Crippen molar-refractivity contribution >= 4 is 17.1 Å². The number of fused-ring (bicyclic) bond motifs is 1. The van der Waals surface area contributed by atoms with Gasteiger partial charge in [0, 0.05) is 18.2 Å². The van der Waals surface area contributed by atoms with Crippen molar-refractivity contribution in [3.05, 3.63) is 89.1 Å². The Bertz CT molecular complexity index is 1550. The number of hydrogen-bond acceptors (Lipinski definition) is 5. The van der Waals surface area contributed by atoms with Gasteiger partial charge in [-0.1, -0.05) is 30.3 Å². The lowest BCUT2D eigenvalue weighted by Crippen LogP contribution is -2.02. The summed E-state index contributed by atoms with van der Waals surface area (Å²) < 4.78 is 35.6. The second-order valence-electron chi connectivity index (χ2n) is 7.91. The highest BCUT2D eigenvalue weighted by Crippen LogP contribution is 2.35. The summed E-state index contributed by atoms with van der Waals surface area (Å²) in [5.41, 5.74) is 3.29. The lowest BCUT2D eigenvalue weighted by atomic mass is 9.93. The van der Waals surface area contributed by atoms with Crippen molar-refractivity contribution in [1.29, 1.82) is 0 Å². The van der Waals surface area contributed by atoms with Crippen LogP contribution in [-0.4, -0.2) is 30.8 Å². The fourth-order valence-corrected chi connectivity index (χ4v) is 4.03. The van der Waals surface area contributed by atoms with Gasteiger partial charge in [-0.15, -0.1) is 10.2 Å². The Hall–Kier alpha value is -4.40. The Morgan fingerprint density at radius 1 is 1.15 bits per heavy atom. The lowest BCUT2D eigenvalue weighted by Gasteiger charge is -2.14. The van der Waals surface area contributed by atoms with Gasteiger partial charge in [0.25, 0.3) is 0 Å². The highest BCUT2D eigenvalue weighted by molar-refractivity contribution is 5.93. The number of benzene rings is 3. The van der Waals surface area contributed by atoms with E-state index in [9.17, 15) is 18.7 Å². The third-order valence-corrected chi connectivity index (χ3v) is 5.70. The number of rotatable bonds is 5. The first-order chi connectivity index (χ1) is 16.3. The molecule has 0 saturated heterocycles. The molecule has 170 valence electrons. The monoisotopic (exact) mass is 460 g/mol. The van der Waals surface area contributed by atoms with Crippen molar-refractivity contribution < 1.29 is 23.1 Å². The summed E-state index contributed by atoms with van der Waals surface area (Å²) in [4.78, 5) is 15.8. The number of aromatic nitrogens is 4. The molecule has 2 heterocycles. The molecule has 0 radical (unpaired) electrons. The van der Waals surface area contributed by atoms with Crippen LogP contribution in [0.1, 0.15) is 27.4 Å². The van der Waals surface area contributed by atoms with Crippen LogP contribution in [0.15, 0.2) is 59.3 Å². The number of carboxylic acids is 1. The van der Waals surface area contributed by atoms with Gasteiger partial charge in [0.05, 0.1) is 12.0 Å². The van der Waals surface area contributed by atoms with Crippen molar-refractivity contribution in [3.8, 4) is 22.5 Å². The zero-order valence-corrected chi connectivity index (χ0v) is 18.2. The molecule has 1 N–H and O–H groups in total. The summed E-state index contributed by atoms with van der Waals surface area (Å²) in [6.45, 7) is 1.46. The van der Waals surface area contributed by atoms with E-state index in [4.69, 9.17) is 4.42 Å². The Morgan fingerprint density at radius 3 is 2.59 bits per heavy atom. The third kappa shape index (κ3) is 3.61. The van der Waals surface area contributed by atoms with E-state index in [0.717, 1.165) is 22.3 Å². The molecule has 0 atom stereocenters. The van der Waals surface area contributed by atoms with Crippen LogP contribution >= 0.6 is 0 Å². The molecule has 9 heteroatoms. The van der Waals surface area contributed by atoms with E-state index in [0.29, 0.717) is 11.7 Å². The summed E-state index contributed by atoms with van der Waals surface area (Å²) in [6, 6.07) is 13.0. The Labute approximate surface area is 192 Å². The average Bonchev–Trinajstić information content (AvgIpc) is 3.42. The van der Waals surface area contributed by atoms with Gasteiger partial charge in [-0.05, 0) is 41.8 Å². The Morgan fingerprint density at radius 2 is 1.91 bits per heavy atom. The topological polar surface area (TPSA) is 94.0 Å². The SMILES string of the molecule is Cc1c(F)c(C(=O)O)cc2nc(Cc3cccc(-c4ccc(F)cc4)c3-c3nncn3C)oc12. The molecule has 5 aromatic rings. The average molecular weight is 460 g/mol. The fraction of sp³-hybridized carbons (Fsp3) is 0.120. The quantitative estimate of drug-likeness (QED) is 0.389. The van der Waals surface area contributed by atoms with Crippen LogP contribution in [0.5, 0.6) is 0 Å². The number of aromatic carboxylic acids is 1. The largest absolute Gasteiger partial charge is 0.478 e. The molecule has 7 nitrogen and oxygen atoms in total. The molecule has 0 aliphatic carbocycles. The van der Waals surface area contributed by atoms with E-state index in [2.05, 4.69) is 15.2 Å². The van der Waals surface area contributed by atoms with Crippen LogP contribution in [0.3, 0.4) is 0 Å². The molecule has 0 bridgehead atoms. The minimum Gasteiger partial charge on any atom is -0.478 e. The zero-order valence-electron chi connectivity index (χ0n) is 18.2. The van der Waals surface area contributed by atoms with Gasteiger partial charge >= 0.3 is 5.97 Å². The molecular formula is C25H18F2N4O3. The standard InChI is InChI=1S/C25H18F2N4O3/c1-13-22(27)18(25(32)33)11-19-23(13)34-20(29-19)10-15-4-3-5-17(14-6-8-16(26)9-7-14)21(15)24-30-28-12-31(24)2/h3-9,11-12H,10H2,1-2H3,(H,32,33). The maximum atomic E-state index is 14.5. The molecule has 0 spiro atoms. The Balaban J connectivity index is 1.66. The van der Waals surface area contributed by atoms with Crippen LogP contribution in [0.4, 0.5) is 8.78 Å². The number of halogens is 2. The molecule has 5 rings (SSSR count). The summed E-state index contributed by atoms with van der Waals surface area (Å²) in [7, 11) is 1.82. The van der Waals surface area contributed by atoms with E-state index in [1.54, 1.807) is 23.0 Å². The van der Waals surface area contributed by atoms with Crippen LogP contribution in [-0.2, 0) is 13.5 Å². The van der Waals surface area contributed by atoms with Crippen molar-refractivity contribution in [1.82, 2.24) is 19.7 Å². The fourth-order valence-electron chi connectivity index (χ4n) is 4.03. The summed E-state index contributed by atoms with van der Waals surface area (Å²) in [6.07, 6.45) is 1.81. The molecule has 34 heavy (non-hydrogen) atoms. The first-order valence-electron chi connectivity index (χ1n) is 10.4. The maximum absolute atomic E-state index is 14.5.